The molecule has 0 bridgehead atoms. The average molecular weight is 420 g/mol. The number of aromatic amines is 1. The molecule has 2 saturated heterocycles. The number of anilines is 2. The molecule has 3 aromatic heterocycles. The van der Waals surface area contributed by atoms with Crippen molar-refractivity contribution in [2.24, 2.45) is 5.92 Å². The molecule has 3 aromatic rings. The minimum Gasteiger partial charge on any atom is -0.356 e. The zero-order chi connectivity index (χ0) is 20.8. The highest BCUT2D eigenvalue weighted by atomic mass is 19.3. The molecule has 5 rings (SSSR count). The number of rotatable bonds is 6. The van der Waals surface area contributed by atoms with Gasteiger partial charge in [-0.05, 0) is 6.07 Å². The van der Waals surface area contributed by atoms with Crippen LogP contribution in [0.2, 0.25) is 0 Å². The van der Waals surface area contributed by atoms with E-state index in [4.69, 9.17) is 0 Å². The lowest BCUT2D eigenvalue weighted by Gasteiger charge is -2.45. The van der Waals surface area contributed by atoms with Crippen LogP contribution in [-0.2, 0) is 0 Å². The van der Waals surface area contributed by atoms with E-state index in [2.05, 4.69) is 35.4 Å². The highest BCUT2D eigenvalue weighted by Gasteiger charge is 2.34. The van der Waals surface area contributed by atoms with Gasteiger partial charge < -0.3 is 10.2 Å². The van der Waals surface area contributed by atoms with Crippen molar-refractivity contribution in [3.63, 3.8) is 0 Å². The van der Waals surface area contributed by atoms with Crippen LogP contribution in [0, 0.1) is 5.92 Å². The fourth-order valence-corrected chi connectivity index (χ4v) is 3.84. The van der Waals surface area contributed by atoms with Crippen molar-refractivity contribution in [3.8, 4) is 0 Å². The summed E-state index contributed by atoms with van der Waals surface area (Å²) in [5.41, 5.74) is -0.0394. The molecule has 0 radical (unpaired) electrons. The van der Waals surface area contributed by atoms with Gasteiger partial charge in [-0.15, -0.1) is 0 Å². The Morgan fingerprint density at radius 2 is 2.07 bits per heavy atom. The van der Waals surface area contributed by atoms with Crippen molar-refractivity contribution in [2.75, 3.05) is 42.9 Å². The Balaban J connectivity index is 1.29. The van der Waals surface area contributed by atoms with E-state index in [1.807, 2.05) is 6.07 Å². The van der Waals surface area contributed by atoms with Gasteiger partial charge in [0.1, 0.15) is 23.2 Å². The molecule has 0 atom stereocenters. The number of halogens is 3. The normalized spacial score (nSPS) is 18.1. The maximum absolute atomic E-state index is 13.0. The molecule has 9 nitrogen and oxygen atoms in total. The number of aromatic nitrogens is 5. The molecule has 5 heterocycles. The molecule has 2 fully saturated rings. The molecule has 0 spiro atoms. The third-order valence-electron chi connectivity index (χ3n) is 5.44. The van der Waals surface area contributed by atoms with Crippen LogP contribution in [-0.4, -0.2) is 74.5 Å². The first-order chi connectivity index (χ1) is 14.5. The molecule has 0 saturated carbocycles. The zero-order valence-electron chi connectivity index (χ0n) is 15.8. The number of hydrogen-bond acceptors (Lipinski definition) is 6. The summed E-state index contributed by atoms with van der Waals surface area (Å²) < 4.78 is 40.3. The molecular weight excluding hydrogens is 401 g/mol. The summed E-state index contributed by atoms with van der Waals surface area (Å²) in [5.74, 6) is 0.562. The summed E-state index contributed by atoms with van der Waals surface area (Å²) in [4.78, 5) is 21.4. The van der Waals surface area contributed by atoms with Crippen molar-refractivity contribution in [1.29, 1.82) is 0 Å². The van der Waals surface area contributed by atoms with Gasteiger partial charge in [0, 0.05) is 44.8 Å². The van der Waals surface area contributed by atoms with Gasteiger partial charge in [0.05, 0.1) is 18.1 Å². The van der Waals surface area contributed by atoms with Crippen LogP contribution >= 0.6 is 0 Å². The van der Waals surface area contributed by atoms with Crippen LogP contribution < -0.4 is 10.2 Å². The Labute approximate surface area is 168 Å². The van der Waals surface area contributed by atoms with Crippen molar-refractivity contribution < 1.29 is 18.0 Å². The van der Waals surface area contributed by atoms with Crippen molar-refractivity contribution in [2.45, 2.75) is 12.6 Å². The van der Waals surface area contributed by atoms with E-state index in [0.29, 0.717) is 30.5 Å². The minimum absolute atomic E-state index is 0.0856. The maximum Gasteiger partial charge on any atom is 0.281 e. The Hall–Kier alpha value is -3.15. The van der Waals surface area contributed by atoms with Gasteiger partial charge in [0.15, 0.2) is 5.65 Å². The Bertz CT molecular complexity index is 1070. The smallest absolute Gasteiger partial charge is 0.281 e. The molecule has 12 heteroatoms. The lowest BCUT2D eigenvalue weighted by Crippen LogP contribution is -2.57. The number of carbonyl (C=O) groups excluding carboxylic acids is 1. The van der Waals surface area contributed by atoms with E-state index >= 15 is 0 Å². The van der Waals surface area contributed by atoms with Gasteiger partial charge in [0.2, 0.25) is 0 Å². The highest BCUT2D eigenvalue weighted by Crippen LogP contribution is 2.27. The van der Waals surface area contributed by atoms with Gasteiger partial charge in [-0.3, -0.25) is 14.8 Å². The molecule has 0 aromatic carbocycles. The van der Waals surface area contributed by atoms with E-state index in [9.17, 15) is 18.0 Å². The molecule has 30 heavy (non-hydrogen) atoms. The van der Waals surface area contributed by atoms with Crippen molar-refractivity contribution in [3.05, 3.63) is 35.9 Å². The minimum atomic E-state index is -2.79. The predicted octanol–water partition coefficient (Wildman–Crippen LogP) is 1.73. The second-order valence-corrected chi connectivity index (χ2v) is 7.65. The van der Waals surface area contributed by atoms with Crippen LogP contribution in [0.15, 0.2) is 24.7 Å². The first-order valence-corrected chi connectivity index (χ1v) is 9.56. The molecule has 2 N–H and O–H groups in total. The summed E-state index contributed by atoms with van der Waals surface area (Å²) in [6, 6.07) is 1.81. The second-order valence-electron chi connectivity index (χ2n) is 7.65. The molecule has 0 aliphatic carbocycles. The van der Waals surface area contributed by atoms with Gasteiger partial charge in [-0.1, -0.05) is 0 Å². The number of amides is 1. The number of nitrogens with one attached hydrogen (secondary N) is 2. The van der Waals surface area contributed by atoms with Crippen molar-refractivity contribution >= 4 is 23.1 Å². The number of hydrogen-bond donors (Lipinski definition) is 2. The van der Waals surface area contributed by atoms with E-state index in [1.54, 1.807) is 6.20 Å². The fourth-order valence-electron chi connectivity index (χ4n) is 3.84. The SMILES string of the molecule is O=C(Nc1cn[nH]c1C(F)F)c1cnn2ccc(N3CC(CN4CC(F)C4)C3)nc12. The molecule has 1 amide bonds. The van der Waals surface area contributed by atoms with Crippen LogP contribution in [0.4, 0.5) is 24.7 Å². The van der Waals surface area contributed by atoms with Gasteiger partial charge in [-0.25, -0.2) is 22.7 Å². The number of likely N-dealkylation sites (tertiary alicyclic amines) is 1. The summed E-state index contributed by atoms with van der Waals surface area (Å²) in [6.45, 7) is 3.51. The zero-order valence-corrected chi connectivity index (χ0v) is 15.8. The summed E-state index contributed by atoms with van der Waals surface area (Å²) >= 11 is 0. The molecule has 2 aliphatic rings. The van der Waals surface area contributed by atoms with Gasteiger partial charge >= 0.3 is 0 Å². The van der Waals surface area contributed by atoms with Crippen LogP contribution in [0.1, 0.15) is 22.5 Å². The summed E-state index contributed by atoms with van der Waals surface area (Å²) in [7, 11) is 0. The van der Waals surface area contributed by atoms with Crippen molar-refractivity contribution in [1.82, 2.24) is 29.7 Å². The summed E-state index contributed by atoms with van der Waals surface area (Å²) in [6.07, 6.45) is 0.693. The number of carbonyl (C=O) groups is 1. The second kappa shape index (κ2) is 7.27. The number of alkyl halides is 3. The van der Waals surface area contributed by atoms with Crippen LogP contribution in [0.5, 0.6) is 0 Å². The monoisotopic (exact) mass is 420 g/mol. The largest absolute Gasteiger partial charge is 0.356 e. The molecular formula is C18H19F3N8O. The average Bonchev–Trinajstić information content (AvgIpc) is 3.28. The first-order valence-electron chi connectivity index (χ1n) is 9.56. The molecule has 0 unspecified atom stereocenters. The third kappa shape index (κ3) is 3.36. The lowest BCUT2D eigenvalue weighted by atomic mass is 9.97. The molecule has 158 valence electrons. The van der Waals surface area contributed by atoms with Crippen LogP contribution in [0.25, 0.3) is 5.65 Å². The number of H-pyrrole nitrogens is 1. The molecule has 2 aliphatic heterocycles. The Morgan fingerprint density at radius 3 is 2.80 bits per heavy atom. The first kappa shape index (κ1) is 18.9. The number of fused-ring (bicyclic) bond motifs is 1. The Kier molecular flexibility index (Phi) is 4.57. The standard InChI is InChI=1S/C18H19F3N8O/c19-11-8-27(9-11)5-10-6-28(7-10)14-1-2-29-17(25-14)12(3-23-29)18(30)24-13-4-22-26-15(13)16(20)21/h1-4,10-11,16H,5-9H2,(H,22,26)(H,24,30). The van der Waals surface area contributed by atoms with Crippen LogP contribution in [0.3, 0.4) is 0 Å². The fraction of sp³-hybridized carbons (Fsp3) is 0.444. The quantitative estimate of drug-likeness (QED) is 0.631. The summed E-state index contributed by atoms with van der Waals surface area (Å²) in [5, 5.41) is 12.3. The van der Waals surface area contributed by atoms with Gasteiger partial charge in [-0.2, -0.15) is 10.2 Å². The van der Waals surface area contributed by atoms with E-state index in [0.717, 1.165) is 25.8 Å². The van der Waals surface area contributed by atoms with E-state index in [1.165, 1.54) is 10.7 Å². The van der Waals surface area contributed by atoms with Gasteiger partial charge in [0.25, 0.3) is 12.3 Å². The highest BCUT2D eigenvalue weighted by molar-refractivity contribution is 6.08. The maximum atomic E-state index is 13.0. The predicted molar refractivity (Wildman–Crippen MR) is 102 cm³/mol. The Morgan fingerprint density at radius 1 is 1.27 bits per heavy atom. The number of nitrogens with zero attached hydrogens (tertiary/aromatic N) is 6. The lowest BCUT2D eigenvalue weighted by molar-refractivity contribution is 0.0473. The van der Waals surface area contributed by atoms with E-state index in [-0.39, 0.29) is 11.3 Å². The van der Waals surface area contributed by atoms with E-state index < -0.39 is 24.2 Å². The third-order valence-corrected chi connectivity index (χ3v) is 5.44. The topological polar surface area (TPSA) is 94.4 Å².